The molecule has 12 nitrogen and oxygen atoms in total. The zero-order chi connectivity index (χ0) is 32.8. The van der Waals surface area contributed by atoms with Crippen molar-refractivity contribution in [2.45, 2.75) is 93.6 Å². The predicted molar refractivity (Wildman–Crippen MR) is 153 cm³/mol. The number of rotatable bonds is 22. The van der Waals surface area contributed by atoms with E-state index in [1.807, 2.05) is 0 Å². The molecule has 0 aromatic heterocycles. The van der Waals surface area contributed by atoms with Gasteiger partial charge in [-0.05, 0) is 68.7 Å². The van der Waals surface area contributed by atoms with Crippen molar-refractivity contribution in [1.29, 1.82) is 0 Å². The van der Waals surface area contributed by atoms with Crippen LogP contribution in [0.3, 0.4) is 0 Å². The summed E-state index contributed by atoms with van der Waals surface area (Å²) in [6.45, 7) is 25.6. The molecule has 0 radical (unpaired) electrons. The highest BCUT2D eigenvalue weighted by Gasteiger charge is 2.84. The molecule has 0 aromatic rings. The van der Waals surface area contributed by atoms with Crippen molar-refractivity contribution >= 4 is 17.9 Å². The van der Waals surface area contributed by atoms with E-state index in [2.05, 4.69) is 19.7 Å². The zero-order valence-corrected chi connectivity index (χ0v) is 27.0. The number of carbonyl (C=O) groups excluding carboxylic acids is 3. The van der Waals surface area contributed by atoms with Gasteiger partial charge in [0.2, 0.25) is 0 Å². The molecule has 42 heavy (non-hydrogen) atoms. The minimum atomic E-state index is -2.64. The fourth-order valence-corrected chi connectivity index (χ4v) is 4.28. The van der Waals surface area contributed by atoms with E-state index < -0.39 is 41.2 Å². The Morgan fingerprint density at radius 2 is 0.643 bits per heavy atom. The highest BCUT2D eigenvalue weighted by Crippen LogP contribution is 2.60. The first-order valence-electron chi connectivity index (χ1n) is 14.2. The second-order valence-electron chi connectivity index (χ2n) is 9.04. The van der Waals surface area contributed by atoms with Crippen molar-refractivity contribution in [3.63, 3.8) is 0 Å². The highest BCUT2D eigenvalue weighted by atomic mass is 16.9. The Morgan fingerprint density at radius 3 is 0.762 bits per heavy atom. The van der Waals surface area contributed by atoms with Gasteiger partial charge < -0.3 is 42.6 Å². The molecule has 0 amide bonds. The van der Waals surface area contributed by atoms with E-state index in [4.69, 9.17) is 42.6 Å². The van der Waals surface area contributed by atoms with Crippen LogP contribution in [0.25, 0.3) is 0 Å². The molecule has 0 aliphatic carbocycles. The SMILES string of the molecule is C=C(C)C(=O)OC(OCC)(OCC)C(CC)(C(OCC)(OCC)OC(=O)C(=C)C)C(OCC)(OCC)OC(=O)C(=C)C. The van der Waals surface area contributed by atoms with Crippen LogP contribution in [0.1, 0.15) is 75.7 Å². The summed E-state index contributed by atoms with van der Waals surface area (Å²) in [5.41, 5.74) is -2.53. The molecule has 0 bridgehead atoms. The molecule has 0 aliphatic rings. The van der Waals surface area contributed by atoms with E-state index in [0.717, 1.165) is 0 Å². The minimum absolute atomic E-state index is 0.0292. The molecule has 0 atom stereocenters. The lowest BCUT2D eigenvalue weighted by Gasteiger charge is -2.58. The summed E-state index contributed by atoms with van der Waals surface area (Å²) in [5.74, 6) is -10.8. The van der Waals surface area contributed by atoms with Crippen molar-refractivity contribution in [2.75, 3.05) is 39.6 Å². The third-order valence-electron chi connectivity index (χ3n) is 5.83. The summed E-state index contributed by atoms with van der Waals surface area (Å²) < 4.78 is 55.0. The smallest absolute Gasteiger partial charge is 0.354 e. The van der Waals surface area contributed by atoms with Gasteiger partial charge in [-0.2, -0.15) is 0 Å². The lowest BCUT2D eigenvalue weighted by atomic mass is 9.74. The third kappa shape index (κ3) is 8.06. The van der Waals surface area contributed by atoms with Crippen LogP contribution in [0, 0.1) is 5.41 Å². The van der Waals surface area contributed by atoms with Gasteiger partial charge in [0.25, 0.3) is 5.41 Å². The fourth-order valence-electron chi connectivity index (χ4n) is 4.28. The van der Waals surface area contributed by atoms with Crippen LogP contribution in [-0.2, 0) is 57.0 Å². The predicted octanol–water partition coefficient (Wildman–Crippen LogP) is 4.92. The minimum Gasteiger partial charge on any atom is -0.403 e. The molecule has 12 heteroatoms. The summed E-state index contributed by atoms with van der Waals surface area (Å²) in [6.07, 6.45) is -0.302. The molecule has 242 valence electrons. The van der Waals surface area contributed by atoms with Gasteiger partial charge in [0.15, 0.2) is 0 Å². The third-order valence-corrected chi connectivity index (χ3v) is 5.83. The molecule has 0 aliphatic heterocycles. The topological polar surface area (TPSA) is 134 Å². The van der Waals surface area contributed by atoms with Crippen molar-refractivity contribution in [3.05, 3.63) is 36.5 Å². The van der Waals surface area contributed by atoms with E-state index in [1.165, 1.54) is 20.8 Å². The van der Waals surface area contributed by atoms with Crippen LogP contribution in [0.4, 0.5) is 0 Å². The Hall–Kier alpha value is -2.61. The summed E-state index contributed by atoms with van der Waals surface area (Å²) in [4.78, 5) is 40.0. The Labute approximate surface area is 250 Å². The molecule has 0 N–H and O–H groups in total. The van der Waals surface area contributed by atoms with Gasteiger partial charge in [0, 0.05) is 16.7 Å². The maximum absolute atomic E-state index is 13.3. The number of carbonyl (C=O) groups is 3. The van der Waals surface area contributed by atoms with Gasteiger partial charge in [-0.3, -0.25) is 0 Å². The van der Waals surface area contributed by atoms with Crippen molar-refractivity contribution < 1.29 is 57.0 Å². The first-order chi connectivity index (χ1) is 19.7. The Kier molecular flexibility index (Phi) is 16.4. The van der Waals surface area contributed by atoms with Crippen LogP contribution in [0.2, 0.25) is 0 Å². The van der Waals surface area contributed by atoms with Crippen LogP contribution < -0.4 is 0 Å². The van der Waals surface area contributed by atoms with Gasteiger partial charge in [0.05, 0.1) is 39.6 Å². The summed E-state index contributed by atoms with van der Waals surface area (Å²) in [5, 5.41) is 0. The Morgan fingerprint density at radius 1 is 0.452 bits per heavy atom. The average molecular weight is 603 g/mol. The van der Waals surface area contributed by atoms with E-state index in [0.29, 0.717) is 0 Å². The van der Waals surface area contributed by atoms with Crippen LogP contribution in [0.5, 0.6) is 0 Å². The second-order valence-corrected chi connectivity index (χ2v) is 9.04. The second kappa shape index (κ2) is 17.5. The van der Waals surface area contributed by atoms with Gasteiger partial charge in [0.1, 0.15) is 0 Å². The van der Waals surface area contributed by atoms with E-state index >= 15 is 0 Å². The van der Waals surface area contributed by atoms with Gasteiger partial charge in [-0.25, -0.2) is 14.4 Å². The largest absolute Gasteiger partial charge is 0.403 e. The van der Waals surface area contributed by atoms with Crippen molar-refractivity contribution in [1.82, 2.24) is 0 Å². The van der Waals surface area contributed by atoms with E-state index in [9.17, 15) is 14.4 Å². The molecule has 0 aromatic carbocycles. The summed E-state index contributed by atoms with van der Waals surface area (Å²) in [6, 6.07) is 0. The van der Waals surface area contributed by atoms with Crippen molar-refractivity contribution in [2.24, 2.45) is 5.41 Å². The van der Waals surface area contributed by atoms with Gasteiger partial charge in [-0.1, -0.05) is 26.7 Å². The number of hydrogen-bond donors (Lipinski definition) is 0. The fraction of sp³-hybridized carbons (Fsp3) is 0.700. The summed E-state index contributed by atoms with van der Waals surface area (Å²) in [7, 11) is 0. The molecule has 0 heterocycles. The van der Waals surface area contributed by atoms with Crippen molar-refractivity contribution in [3.8, 4) is 0 Å². The van der Waals surface area contributed by atoms with Crippen LogP contribution in [0.15, 0.2) is 36.5 Å². The van der Waals surface area contributed by atoms with E-state index in [-0.39, 0.29) is 62.8 Å². The normalized spacial score (nSPS) is 12.4. The van der Waals surface area contributed by atoms with Crippen LogP contribution in [-0.4, -0.2) is 75.5 Å². The molecule has 0 saturated carbocycles. The number of ether oxygens (including phenoxy) is 9. The van der Waals surface area contributed by atoms with Gasteiger partial charge in [-0.15, -0.1) is 0 Å². The first kappa shape index (κ1) is 39.4. The molecule has 0 rings (SSSR count). The molecule has 0 fully saturated rings. The molecule has 0 saturated heterocycles. The van der Waals surface area contributed by atoms with Gasteiger partial charge >= 0.3 is 35.8 Å². The summed E-state index contributed by atoms with van der Waals surface area (Å²) >= 11 is 0. The highest BCUT2D eigenvalue weighted by molar-refractivity contribution is 5.88. The number of esters is 3. The van der Waals surface area contributed by atoms with E-state index in [1.54, 1.807) is 48.5 Å². The molecular formula is C30H50O12. The maximum Gasteiger partial charge on any atom is 0.354 e. The quantitative estimate of drug-likeness (QED) is 0.0720. The average Bonchev–Trinajstić information content (AvgIpc) is 2.89. The Bertz CT molecular complexity index is 819. The lowest BCUT2D eigenvalue weighted by molar-refractivity contribution is -0.582. The van der Waals surface area contributed by atoms with Crippen LogP contribution >= 0.6 is 0 Å². The molecule has 0 spiro atoms. The lowest BCUT2D eigenvalue weighted by Crippen LogP contribution is -2.79. The first-order valence-corrected chi connectivity index (χ1v) is 14.2. The zero-order valence-electron chi connectivity index (χ0n) is 27.0. The monoisotopic (exact) mass is 602 g/mol. The molecule has 0 unspecified atom stereocenters. The Balaban J connectivity index is 8.82. The molecular weight excluding hydrogens is 552 g/mol. The standard InChI is InChI=1S/C30H50O12/c1-14-27(28(34-15-2,35-16-3)40-24(31)21(8)9,29(36-17-4,37-18-5)41-25(32)22(10)11)30(38-19-6,39-20-7)42-26(33)23(12)13/h8,10,12,14-20H2,1-7,9,11,13H3. The number of hydrogen-bond acceptors (Lipinski definition) is 12. The maximum atomic E-state index is 13.3.